The number of aliphatic carboxylic acids is 1. The highest BCUT2D eigenvalue weighted by atomic mass is 35.5. The number of rotatable bonds is 1. The number of hydrogen-bond donors (Lipinski definition) is 1. The maximum Gasteiger partial charge on any atom is 0.314 e. The van der Waals surface area contributed by atoms with E-state index in [1.807, 2.05) is 0 Å². The number of carbonyl (C=O) groups is 1. The van der Waals surface area contributed by atoms with Crippen molar-refractivity contribution in [2.24, 2.45) is 0 Å². The lowest BCUT2D eigenvalue weighted by Crippen LogP contribution is -2.56. The maximum absolute atomic E-state index is 11.3. The summed E-state index contributed by atoms with van der Waals surface area (Å²) in [6.45, 7) is 0. The second-order valence-corrected chi connectivity index (χ2v) is 4.61. The molecule has 1 N–H and O–H groups in total. The third-order valence-corrected chi connectivity index (χ3v) is 3.55. The summed E-state index contributed by atoms with van der Waals surface area (Å²) in [5.74, 6) is -0.102. The molecular formula is C11H9ClO3. The van der Waals surface area contributed by atoms with Gasteiger partial charge in [-0.05, 0) is 18.2 Å². The fraction of sp³-hybridized carbons (Fsp3) is 0.364. The summed E-state index contributed by atoms with van der Waals surface area (Å²) >= 11 is 5.88. The van der Waals surface area contributed by atoms with Crippen molar-refractivity contribution in [1.29, 1.82) is 0 Å². The van der Waals surface area contributed by atoms with Crippen molar-refractivity contribution in [2.45, 2.75) is 24.4 Å². The van der Waals surface area contributed by atoms with E-state index in [0.717, 1.165) is 5.56 Å². The Bertz CT molecular complexity index is 449. The first kappa shape index (κ1) is 9.04. The van der Waals surface area contributed by atoms with Crippen LogP contribution in [0.4, 0.5) is 0 Å². The predicted octanol–water partition coefficient (Wildman–Crippen LogP) is 2.22. The van der Waals surface area contributed by atoms with Crippen LogP contribution in [-0.2, 0) is 10.2 Å². The fourth-order valence-electron chi connectivity index (χ4n) is 2.47. The van der Waals surface area contributed by atoms with E-state index in [4.69, 9.17) is 16.3 Å². The Balaban J connectivity index is 2.19. The minimum absolute atomic E-state index is 0.0646. The van der Waals surface area contributed by atoms with Crippen LogP contribution >= 0.6 is 11.6 Å². The molecule has 2 aliphatic heterocycles. The van der Waals surface area contributed by atoms with Gasteiger partial charge < -0.3 is 9.84 Å². The highest BCUT2D eigenvalue weighted by molar-refractivity contribution is 6.30. The summed E-state index contributed by atoms with van der Waals surface area (Å²) in [6.07, 6.45) is 1.19. The smallest absolute Gasteiger partial charge is 0.314 e. The monoisotopic (exact) mass is 224 g/mol. The van der Waals surface area contributed by atoms with E-state index in [9.17, 15) is 9.90 Å². The van der Waals surface area contributed by atoms with Crippen LogP contribution in [0.25, 0.3) is 0 Å². The number of carboxylic acid groups (broad SMARTS) is 1. The van der Waals surface area contributed by atoms with E-state index >= 15 is 0 Å². The highest BCUT2D eigenvalue weighted by Crippen LogP contribution is 2.53. The van der Waals surface area contributed by atoms with Gasteiger partial charge in [0.15, 0.2) is 0 Å². The van der Waals surface area contributed by atoms with Crippen molar-refractivity contribution in [3.63, 3.8) is 0 Å². The molecule has 0 radical (unpaired) electrons. The SMILES string of the molecule is O=C(O)C12CC(C1)Oc1ccc(Cl)cc12. The summed E-state index contributed by atoms with van der Waals surface area (Å²) in [4.78, 5) is 11.3. The van der Waals surface area contributed by atoms with Gasteiger partial charge in [0.2, 0.25) is 0 Å². The average Bonchev–Trinajstić information content (AvgIpc) is 2.14. The molecule has 0 spiro atoms. The molecule has 1 saturated carbocycles. The Kier molecular flexibility index (Phi) is 1.61. The molecule has 2 bridgehead atoms. The maximum atomic E-state index is 11.3. The molecule has 4 rings (SSSR count). The Morgan fingerprint density at radius 3 is 2.93 bits per heavy atom. The summed E-state index contributed by atoms with van der Waals surface area (Å²) in [5.41, 5.74) is -0.0200. The molecule has 2 heterocycles. The van der Waals surface area contributed by atoms with E-state index in [1.165, 1.54) is 0 Å². The molecule has 0 atom stereocenters. The third-order valence-electron chi connectivity index (χ3n) is 3.31. The van der Waals surface area contributed by atoms with Crippen LogP contribution in [0.2, 0.25) is 5.02 Å². The van der Waals surface area contributed by atoms with E-state index in [2.05, 4.69) is 0 Å². The molecule has 4 heteroatoms. The average molecular weight is 225 g/mol. The summed E-state index contributed by atoms with van der Waals surface area (Å²) in [6, 6.07) is 5.18. The predicted molar refractivity (Wildman–Crippen MR) is 54.4 cm³/mol. The number of hydrogen-bond acceptors (Lipinski definition) is 2. The van der Waals surface area contributed by atoms with E-state index in [1.54, 1.807) is 18.2 Å². The van der Waals surface area contributed by atoms with Crippen LogP contribution in [0.3, 0.4) is 0 Å². The van der Waals surface area contributed by atoms with Crippen LogP contribution in [0, 0.1) is 0 Å². The van der Waals surface area contributed by atoms with Gasteiger partial charge in [-0.3, -0.25) is 4.79 Å². The molecule has 0 saturated heterocycles. The zero-order chi connectivity index (χ0) is 10.6. The molecule has 0 unspecified atom stereocenters. The van der Waals surface area contributed by atoms with Gasteiger partial charge in [-0.1, -0.05) is 11.6 Å². The Labute approximate surface area is 91.6 Å². The number of ether oxygens (including phenoxy) is 1. The van der Waals surface area contributed by atoms with Crippen LogP contribution in [0.5, 0.6) is 5.75 Å². The molecule has 78 valence electrons. The molecule has 1 aromatic rings. The largest absolute Gasteiger partial charge is 0.490 e. The van der Waals surface area contributed by atoms with Crippen molar-refractivity contribution in [2.75, 3.05) is 0 Å². The summed E-state index contributed by atoms with van der Waals surface area (Å²) in [7, 11) is 0. The zero-order valence-electron chi connectivity index (χ0n) is 7.87. The minimum atomic E-state index is -0.773. The van der Waals surface area contributed by atoms with E-state index < -0.39 is 11.4 Å². The summed E-state index contributed by atoms with van der Waals surface area (Å²) in [5, 5.41) is 9.83. The standard InChI is InChI=1S/C11H9ClO3/c12-6-1-2-9-8(3-6)11(10(13)14)4-7(5-11)15-9/h1-3,7H,4-5H2,(H,13,14). The van der Waals surface area contributed by atoms with Gasteiger partial charge in [0.05, 0.1) is 0 Å². The number of halogens is 1. The zero-order valence-corrected chi connectivity index (χ0v) is 8.62. The Morgan fingerprint density at radius 2 is 2.27 bits per heavy atom. The topological polar surface area (TPSA) is 46.5 Å². The highest BCUT2D eigenvalue weighted by Gasteiger charge is 2.57. The fourth-order valence-corrected chi connectivity index (χ4v) is 2.64. The Morgan fingerprint density at radius 1 is 1.53 bits per heavy atom. The lowest BCUT2D eigenvalue weighted by atomic mass is 9.60. The summed E-state index contributed by atoms with van der Waals surface area (Å²) < 4.78 is 5.61. The van der Waals surface area contributed by atoms with Crippen LogP contribution in [-0.4, -0.2) is 17.2 Å². The molecule has 0 amide bonds. The van der Waals surface area contributed by atoms with Crippen LogP contribution in [0.1, 0.15) is 18.4 Å². The first-order valence-corrected chi connectivity index (χ1v) is 5.20. The van der Waals surface area contributed by atoms with Gasteiger partial charge in [-0.15, -0.1) is 0 Å². The van der Waals surface area contributed by atoms with E-state index in [0.29, 0.717) is 23.6 Å². The van der Waals surface area contributed by atoms with Gasteiger partial charge in [0.1, 0.15) is 17.3 Å². The second-order valence-electron chi connectivity index (χ2n) is 4.18. The normalized spacial score (nSPS) is 31.1. The van der Waals surface area contributed by atoms with Gasteiger partial charge in [0.25, 0.3) is 0 Å². The van der Waals surface area contributed by atoms with E-state index in [-0.39, 0.29) is 6.10 Å². The molecule has 1 fully saturated rings. The van der Waals surface area contributed by atoms with Gasteiger partial charge in [0, 0.05) is 23.4 Å². The van der Waals surface area contributed by atoms with Crippen molar-refractivity contribution >= 4 is 17.6 Å². The van der Waals surface area contributed by atoms with Crippen molar-refractivity contribution in [3.05, 3.63) is 28.8 Å². The van der Waals surface area contributed by atoms with Crippen LogP contribution in [0.15, 0.2) is 18.2 Å². The first-order chi connectivity index (χ1) is 7.12. The van der Waals surface area contributed by atoms with Gasteiger partial charge in [-0.25, -0.2) is 0 Å². The molecule has 3 nitrogen and oxygen atoms in total. The minimum Gasteiger partial charge on any atom is -0.490 e. The molecule has 0 aromatic heterocycles. The molecule has 3 aliphatic rings. The Hall–Kier alpha value is -1.22. The first-order valence-electron chi connectivity index (χ1n) is 4.82. The van der Waals surface area contributed by atoms with Crippen LogP contribution < -0.4 is 4.74 Å². The third kappa shape index (κ3) is 1.04. The number of benzene rings is 1. The van der Waals surface area contributed by atoms with Gasteiger partial charge >= 0.3 is 5.97 Å². The molecule has 1 aromatic carbocycles. The number of carboxylic acids is 1. The lowest BCUT2D eigenvalue weighted by Gasteiger charge is -2.49. The molecule has 1 aliphatic carbocycles. The van der Waals surface area contributed by atoms with Crippen molar-refractivity contribution < 1.29 is 14.6 Å². The van der Waals surface area contributed by atoms with Crippen molar-refractivity contribution in [3.8, 4) is 5.75 Å². The van der Waals surface area contributed by atoms with Crippen molar-refractivity contribution in [1.82, 2.24) is 0 Å². The van der Waals surface area contributed by atoms with Gasteiger partial charge in [-0.2, -0.15) is 0 Å². The second kappa shape index (κ2) is 2.67. The molecule has 15 heavy (non-hydrogen) atoms. The lowest BCUT2D eigenvalue weighted by molar-refractivity contribution is -0.154. The quantitative estimate of drug-likeness (QED) is 0.796. The molecular weight excluding hydrogens is 216 g/mol.